The van der Waals surface area contributed by atoms with Crippen LogP contribution >= 0.6 is 0 Å². The molecule has 0 aromatic heterocycles. The number of benzene rings is 2. The summed E-state index contributed by atoms with van der Waals surface area (Å²) in [7, 11) is -1.49. The van der Waals surface area contributed by atoms with E-state index in [1.165, 1.54) is 15.4 Å². The minimum absolute atomic E-state index is 0.0670. The topological polar surface area (TPSA) is 60.9 Å². The summed E-state index contributed by atoms with van der Waals surface area (Å²) in [4.78, 5) is 17.2. The van der Waals surface area contributed by atoms with E-state index >= 15 is 0 Å². The van der Waals surface area contributed by atoms with Gasteiger partial charge in [-0.1, -0.05) is 42.5 Å². The lowest BCUT2D eigenvalue weighted by atomic mass is 9.87. The molecule has 0 saturated carbocycles. The molecule has 1 aliphatic heterocycles. The predicted octanol–water partition coefficient (Wildman–Crippen LogP) is 2.53. The normalized spacial score (nSPS) is 20.2. The molecular weight excluding hydrogens is 398 g/mol. The fraction of sp³-hybridized carbons (Fsp3) is 0.435. The Morgan fingerprint density at radius 2 is 1.67 bits per heavy atom. The minimum atomic E-state index is -3.50. The molecule has 1 atom stereocenters. The first-order valence-corrected chi connectivity index (χ1v) is 12.0. The second-order valence-electron chi connectivity index (χ2n) is 8.12. The van der Waals surface area contributed by atoms with Crippen molar-refractivity contribution in [3.63, 3.8) is 0 Å². The van der Waals surface area contributed by atoms with Crippen LogP contribution in [-0.2, 0) is 21.2 Å². The standard InChI is InChI=1S/C23H29N3O3S/c1-24(22-13-7-9-19-8-5-6-12-21(19)22)18-23(27)25-14-16-26(17-15-25)30(28,29)20-10-3-2-4-11-20/h2-6,8,10-12,22H,7,9,13-18H2,1H3/t22-/m0/s1. The third-order valence-corrected chi connectivity index (χ3v) is 8.14. The predicted molar refractivity (Wildman–Crippen MR) is 117 cm³/mol. The minimum Gasteiger partial charge on any atom is -0.339 e. The van der Waals surface area contributed by atoms with E-state index < -0.39 is 10.0 Å². The van der Waals surface area contributed by atoms with Gasteiger partial charge in [0.1, 0.15) is 0 Å². The average molecular weight is 428 g/mol. The quantitative estimate of drug-likeness (QED) is 0.736. The van der Waals surface area contributed by atoms with Gasteiger partial charge in [0.05, 0.1) is 11.4 Å². The lowest BCUT2D eigenvalue weighted by Gasteiger charge is -2.37. The van der Waals surface area contributed by atoms with E-state index in [1.807, 2.05) is 7.05 Å². The van der Waals surface area contributed by atoms with Gasteiger partial charge in [-0.2, -0.15) is 4.31 Å². The summed E-state index contributed by atoms with van der Waals surface area (Å²) in [5.74, 6) is 0.0670. The smallest absolute Gasteiger partial charge is 0.243 e. The van der Waals surface area contributed by atoms with Crippen molar-refractivity contribution in [1.29, 1.82) is 0 Å². The summed E-state index contributed by atoms with van der Waals surface area (Å²) in [6, 6.07) is 17.3. The van der Waals surface area contributed by atoms with Crippen molar-refractivity contribution in [3.8, 4) is 0 Å². The van der Waals surface area contributed by atoms with Crippen molar-refractivity contribution >= 4 is 15.9 Å². The monoisotopic (exact) mass is 427 g/mol. The Hall–Kier alpha value is -2.22. The van der Waals surface area contributed by atoms with Crippen molar-refractivity contribution in [1.82, 2.24) is 14.1 Å². The molecule has 0 unspecified atom stereocenters. The zero-order chi connectivity index (χ0) is 21.1. The Kier molecular flexibility index (Phi) is 6.22. The van der Waals surface area contributed by atoms with E-state index in [0.717, 1.165) is 19.3 Å². The molecule has 160 valence electrons. The average Bonchev–Trinajstić information content (AvgIpc) is 2.79. The molecule has 0 radical (unpaired) electrons. The lowest BCUT2D eigenvalue weighted by Crippen LogP contribution is -2.52. The summed E-state index contributed by atoms with van der Waals surface area (Å²) in [5, 5.41) is 0. The van der Waals surface area contributed by atoms with Crippen molar-refractivity contribution in [2.24, 2.45) is 0 Å². The number of rotatable bonds is 5. The van der Waals surface area contributed by atoms with Crippen molar-refractivity contribution < 1.29 is 13.2 Å². The van der Waals surface area contributed by atoms with Gasteiger partial charge in [-0.25, -0.2) is 8.42 Å². The number of sulfonamides is 1. The molecule has 2 aromatic rings. The Balaban J connectivity index is 1.35. The Labute approximate surface area is 179 Å². The van der Waals surface area contributed by atoms with Crippen molar-refractivity contribution in [2.75, 3.05) is 39.8 Å². The van der Waals surface area contributed by atoms with Crippen LogP contribution in [-0.4, -0.2) is 68.2 Å². The van der Waals surface area contributed by atoms with Gasteiger partial charge < -0.3 is 4.90 Å². The van der Waals surface area contributed by atoms with Crippen LogP contribution in [0.15, 0.2) is 59.5 Å². The summed E-state index contributed by atoms with van der Waals surface area (Å²) >= 11 is 0. The molecule has 4 rings (SSSR count). The molecule has 0 N–H and O–H groups in total. The molecule has 30 heavy (non-hydrogen) atoms. The van der Waals surface area contributed by atoms with E-state index in [-0.39, 0.29) is 11.9 Å². The van der Waals surface area contributed by atoms with Gasteiger partial charge in [0.25, 0.3) is 0 Å². The summed E-state index contributed by atoms with van der Waals surface area (Å²) in [5.41, 5.74) is 2.71. The largest absolute Gasteiger partial charge is 0.339 e. The van der Waals surface area contributed by atoms with Gasteiger partial charge in [-0.05, 0) is 49.6 Å². The van der Waals surface area contributed by atoms with Crippen molar-refractivity contribution in [3.05, 3.63) is 65.7 Å². The number of aryl methyl sites for hydroxylation is 1. The van der Waals surface area contributed by atoms with E-state index in [9.17, 15) is 13.2 Å². The first kappa shape index (κ1) is 21.0. The number of hydrogen-bond acceptors (Lipinski definition) is 4. The highest BCUT2D eigenvalue weighted by atomic mass is 32.2. The molecule has 6 nitrogen and oxygen atoms in total. The fourth-order valence-corrected chi connectivity index (χ4v) is 5.97. The van der Waals surface area contributed by atoms with Crippen LogP contribution in [0.4, 0.5) is 0 Å². The molecule has 1 heterocycles. The summed E-state index contributed by atoms with van der Waals surface area (Å²) in [6.45, 7) is 1.88. The maximum atomic E-state index is 12.9. The zero-order valence-corrected chi connectivity index (χ0v) is 18.2. The van der Waals surface area contributed by atoms with Crippen LogP contribution in [0.3, 0.4) is 0 Å². The Bertz CT molecular complexity index is 986. The number of carbonyl (C=O) groups excluding carboxylic acids is 1. The Morgan fingerprint density at radius 3 is 2.40 bits per heavy atom. The molecule has 1 amide bonds. The zero-order valence-electron chi connectivity index (χ0n) is 17.4. The molecular formula is C23H29N3O3S. The third kappa shape index (κ3) is 4.29. The van der Waals surface area contributed by atoms with Crippen LogP contribution in [0, 0.1) is 0 Å². The second-order valence-corrected chi connectivity index (χ2v) is 10.1. The molecule has 0 bridgehead atoms. The number of piperazine rings is 1. The molecule has 2 aliphatic rings. The first-order valence-electron chi connectivity index (χ1n) is 10.6. The van der Waals surface area contributed by atoms with Crippen LogP contribution < -0.4 is 0 Å². The first-order chi connectivity index (χ1) is 14.5. The molecule has 1 fully saturated rings. The molecule has 0 spiro atoms. The second kappa shape index (κ2) is 8.88. The van der Waals surface area contributed by atoms with Crippen LogP contribution in [0.2, 0.25) is 0 Å². The van der Waals surface area contributed by atoms with Crippen LogP contribution in [0.5, 0.6) is 0 Å². The molecule has 1 saturated heterocycles. The Morgan fingerprint density at radius 1 is 1.00 bits per heavy atom. The van der Waals surface area contributed by atoms with Gasteiger partial charge in [0.15, 0.2) is 0 Å². The number of likely N-dealkylation sites (N-methyl/N-ethyl adjacent to an activating group) is 1. The van der Waals surface area contributed by atoms with Crippen molar-refractivity contribution in [2.45, 2.75) is 30.2 Å². The SMILES string of the molecule is CN(CC(=O)N1CCN(S(=O)(=O)c2ccccc2)CC1)[C@H]1CCCc2ccccc21. The molecule has 7 heteroatoms. The maximum absolute atomic E-state index is 12.9. The third-order valence-electron chi connectivity index (χ3n) is 6.23. The lowest BCUT2D eigenvalue weighted by molar-refractivity contribution is -0.133. The number of amides is 1. The van der Waals surface area contributed by atoms with E-state index in [2.05, 4.69) is 29.2 Å². The number of carbonyl (C=O) groups is 1. The van der Waals surface area contributed by atoms with E-state index in [1.54, 1.807) is 35.2 Å². The van der Waals surface area contributed by atoms with Gasteiger partial charge in [-0.3, -0.25) is 9.69 Å². The van der Waals surface area contributed by atoms with Crippen LogP contribution in [0.25, 0.3) is 0 Å². The van der Waals surface area contributed by atoms with Gasteiger partial charge >= 0.3 is 0 Å². The summed E-state index contributed by atoms with van der Waals surface area (Å²) in [6.07, 6.45) is 3.30. The van der Waals surface area contributed by atoms with Gasteiger partial charge in [-0.15, -0.1) is 0 Å². The number of nitrogens with zero attached hydrogens (tertiary/aromatic N) is 3. The highest BCUT2D eigenvalue weighted by molar-refractivity contribution is 7.89. The number of fused-ring (bicyclic) bond motifs is 1. The van der Waals surface area contributed by atoms with E-state index in [4.69, 9.17) is 0 Å². The summed E-state index contributed by atoms with van der Waals surface area (Å²) < 4.78 is 27.0. The molecule has 2 aromatic carbocycles. The number of hydrogen-bond donors (Lipinski definition) is 0. The maximum Gasteiger partial charge on any atom is 0.243 e. The highest BCUT2D eigenvalue weighted by Gasteiger charge is 2.31. The van der Waals surface area contributed by atoms with E-state index in [0.29, 0.717) is 37.6 Å². The fourth-order valence-electron chi connectivity index (χ4n) is 4.53. The van der Waals surface area contributed by atoms with Gasteiger partial charge in [0.2, 0.25) is 15.9 Å². The highest BCUT2D eigenvalue weighted by Crippen LogP contribution is 2.33. The van der Waals surface area contributed by atoms with Gasteiger partial charge in [0, 0.05) is 32.2 Å². The molecule has 1 aliphatic carbocycles. The van der Waals surface area contributed by atoms with Crippen LogP contribution in [0.1, 0.15) is 30.0 Å².